The summed E-state index contributed by atoms with van der Waals surface area (Å²) in [6, 6.07) is 12.4. The molecule has 0 bridgehead atoms. The third-order valence-electron chi connectivity index (χ3n) is 4.76. The van der Waals surface area contributed by atoms with Gasteiger partial charge in [-0.25, -0.2) is 18.6 Å². The van der Waals surface area contributed by atoms with Crippen LogP contribution in [0.15, 0.2) is 58.5 Å². The van der Waals surface area contributed by atoms with Crippen LogP contribution in [0.25, 0.3) is 0 Å². The SMILES string of the molecule is COC(=O)c1ccc(/C=N\NC(=O)c2cccc(S(=O)(=O)N3CCCCC3)c2)cc1. The van der Waals surface area contributed by atoms with Gasteiger partial charge in [0.05, 0.1) is 23.8 Å². The van der Waals surface area contributed by atoms with Gasteiger partial charge in [-0.15, -0.1) is 0 Å². The quantitative estimate of drug-likeness (QED) is 0.431. The van der Waals surface area contributed by atoms with Crippen molar-refractivity contribution in [1.82, 2.24) is 9.73 Å². The fraction of sp³-hybridized carbons (Fsp3) is 0.286. The highest BCUT2D eigenvalue weighted by Gasteiger charge is 2.26. The molecule has 0 atom stereocenters. The lowest BCUT2D eigenvalue weighted by Crippen LogP contribution is -2.35. The van der Waals surface area contributed by atoms with E-state index in [1.807, 2.05) is 0 Å². The van der Waals surface area contributed by atoms with Gasteiger partial charge in [-0.05, 0) is 48.7 Å². The van der Waals surface area contributed by atoms with E-state index >= 15 is 0 Å². The van der Waals surface area contributed by atoms with E-state index in [0.717, 1.165) is 19.3 Å². The number of nitrogens with one attached hydrogen (secondary N) is 1. The lowest BCUT2D eigenvalue weighted by molar-refractivity contribution is 0.0600. The standard InChI is InChI=1S/C21H23N3O5S/c1-29-21(26)17-10-8-16(9-11-17)15-22-23-20(25)18-6-5-7-19(14-18)30(27,28)24-12-3-2-4-13-24/h5-11,14-15H,2-4,12-13H2,1H3,(H,23,25)/b22-15-. The van der Waals surface area contributed by atoms with Gasteiger partial charge in [0.1, 0.15) is 0 Å². The maximum atomic E-state index is 12.8. The zero-order valence-corrected chi connectivity index (χ0v) is 17.4. The van der Waals surface area contributed by atoms with Crippen molar-refractivity contribution >= 4 is 28.1 Å². The third-order valence-corrected chi connectivity index (χ3v) is 6.66. The predicted octanol–water partition coefficient (Wildman–Crippen LogP) is 2.41. The van der Waals surface area contributed by atoms with E-state index in [9.17, 15) is 18.0 Å². The Morgan fingerprint density at radius 1 is 1.03 bits per heavy atom. The molecule has 0 unspecified atom stereocenters. The zero-order valence-electron chi connectivity index (χ0n) is 16.6. The second-order valence-corrected chi connectivity index (χ2v) is 8.74. The van der Waals surface area contributed by atoms with Crippen LogP contribution in [-0.4, -0.2) is 51.0 Å². The highest BCUT2D eigenvalue weighted by atomic mass is 32.2. The predicted molar refractivity (Wildman–Crippen MR) is 112 cm³/mol. The Kier molecular flexibility index (Phi) is 6.96. The van der Waals surface area contributed by atoms with Gasteiger partial charge in [0.25, 0.3) is 5.91 Å². The number of carbonyl (C=O) groups excluding carboxylic acids is 2. The molecule has 2 aromatic rings. The molecule has 2 aromatic carbocycles. The van der Waals surface area contributed by atoms with Crippen LogP contribution in [0.1, 0.15) is 45.5 Å². The molecular weight excluding hydrogens is 406 g/mol. The molecular formula is C21H23N3O5S. The van der Waals surface area contributed by atoms with Crippen LogP contribution in [0.3, 0.4) is 0 Å². The number of nitrogens with zero attached hydrogens (tertiary/aromatic N) is 2. The number of ether oxygens (including phenoxy) is 1. The molecule has 1 amide bonds. The van der Waals surface area contributed by atoms with Crippen molar-refractivity contribution in [2.24, 2.45) is 5.10 Å². The summed E-state index contributed by atoms with van der Waals surface area (Å²) in [6.45, 7) is 0.996. The van der Waals surface area contributed by atoms with Gasteiger partial charge < -0.3 is 4.74 Å². The Morgan fingerprint density at radius 3 is 2.40 bits per heavy atom. The second-order valence-electron chi connectivity index (χ2n) is 6.81. The summed E-state index contributed by atoms with van der Waals surface area (Å²) in [7, 11) is -2.31. The number of piperidine rings is 1. The maximum absolute atomic E-state index is 12.8. The third kappa shape index (κ3) is 5.11. The van der Waals surface area contributed by atoms with Crippen molar-refractivity contribution in [3.63, 3.8) is 0 Å². The second kappa shape index (κ2) is 9.64. The molecule has 1 fully saturated rings. The van der Waals surface area contributed by atoms with E-state index in [-0.39, 0.29) is 10.5 Å². The molecule has 0 aromatic heterocycles. The van der Waals surface area contributed by atoms with Crippen molar-refractivity contribution < 1.29 is 22.7 Å². The topological polar surface area (TPSA) is 105 Å². The largest absolute Gasteiger partial charge is 0.465 e. The summed E-state index contributed by atoms with van der Waals surface area (Å²) in [5.41, 5.74) is 3.66. The van der Waals surface area contributed by atoms with Crippen molar-refractivity contribution in [1.29, 1.82) is 0 Å². The first-order valence-electron chi connectivity index (χ1n) is 9.54. The molecule has 1 heterocycles. The fourth-order valence-corrected chi connectivity index (χ4v) is 4.67. The van der Waals surface area contributed by atoms with Gasteiger partial charge in [-0.3, -0.25) is 4.79 Å². The van der Waals surface area contributed by atoms with Gasteiger partial charge in [-0.2, -0.15) is 9.41 Å². The molecule has 0 saturated carbocycles. The van der Waals surface area contributed by atoms with Crippen LogP contribution >= 0.6 is 0 Å². The highest BCUT2D eigenvalue weighted by Crippen LogP contribution is 2.21. The molecule has 158 valence electrons. The molecule has 0 spiro atoms. The Hall–Kier alpha value is -3.04. The summed E-state index contributed by atoms with van der Waals surface area (Å²) in [4.78, 5) is 23.9. The number of hydrogen-bond donors (Lipinski definition) is 1. The van der Waals surface area contributed by atoms with E-state index in [1.165, 1.54) is 35.8 Å². The van der Waals surface area contributed by atoms with Gasteiger partial charge in [-0.1, -0.05) is 24.6 Å². The molecule has 9 heteroatoms. The Morgan fingerprint density at radius 2 is 1.73 bits per heavy atom. The number of esters is 1. The number of hydrogen-bond acceptors (Lipinski definition) is 6. The van der Waals surface area contributed by atoms with Gasteiger partial charge in [0.15, 0.2) is 0 Å². The minimum atomic E-state index is -3.62. The summed E-state index contributed by atoms with van der Waals surface area (Å²) in [6.07, 6.45) is 4.13. The molecule has 1 aliphatic heterocycles. The molecule has 1 N–H and O–H groups in total. The van der Waals surface area contributed by atoms with Gasteiger partial charge >= 0.3 is 5.97 Å². The lowest BCUT2D eigenvalue weighted by atomic mass is 10.1. The number of sulfonamides is 1. The summed E-state index contributed by atoms with van der Waals surface area (Å²) in [5, 5.41) is 3.89. The highest BCUT2D eigenvalue weighted by molar-refractivity contribution is 7.89. The number of methoxy groups -OCH3 is 1. The molecule has 3 rings (SSSR count). The maximum Gasteiger partial charge on any atom is 0.337 e. The number of hydrazone groups is 1. The number of benzene rings is 2. The number of carbonyl (C=O) groups is 2. The average Bonchev–Trinajstić information content (AvgIpc) is 2.79. The van der Waals surface area contributed by atoms with Crippen LogP contribution in [-0.2, 0) is 14.8 Å². The van der Waals surface area contributed by atoms with Crippen LogP contribution < -0.4 is 5.43 Å². The first kappa shape index (κ1) is 21.7. The minimum Gasteiger partial charge on any atom is -0.465 e. The summed E-state index contributed by atoms with van der Waals surface area (Å²) in [5.74, 6) is -0.959. The Balaban J connectivity index is 1.66. The zero-order chi connectivity index (χ0) is 21.6. The Labute approximate surface area is 175 Å². The number of rotatable bonds is 6. The first-order valence-corrected chi connectivity index (χ1v) is 11.0. The van der Waals surface area contributed by atoms with Crippen molar-refractivity contribution in [2.45, 2.75) is 24.2 Å². The monoisotopic (exact) mass is 429 g/mol. The molecule has 1 saturated heterocycles. The first-order chi connectivity index (χ1) is 14.4. The smallest absolute Gasteiger partial charge is 0.337 e. The van der Waals surface area contributed by atoms with Crippen LogP contribution in [0.4, 0.5) is 0 Å². The molecule has 30 heavy (non-hydrogen) atoms. The van der Waals surface area contributed by atoms with E-state index in [4.69, 9.17) is 0 Å². The van der Waals surface area contributed by atoms with Crippen LogP contribution in [0.2, 0.25) is 0 Å². The van der Waals surface area contributed by atoms with E-state index < -0.39 is 21.9 Å². The van der Waals surface area contributed by atoms with Crippen molar-refractivity contribution in [2.75, 3.05) is 20.2 Å². The van der Waals surface area contributed by atoms with Crippen LogP contribution in [0, 0.1) is 0 Å². The van der Waals surface area contributed by atoms with Gasteiger partial charge in [0.2, 0.25) is 10.0 Å². The fourth-order valence-electron chi connectivity index (χ4n) is 3.11. The molecule has 1 aliphatic rings. The van der Waals surface area contributed by atoms with E-state index in [2.05, 4.69) is 15.3 Å². The van der Waals surface area contributed by atoms with Crippen molar-refractivity contribution in [3.8, 4) is 0 Å². The minimum absolute atomic E-state index is 0.0967. The lowest BCUT2D eigenvalue weighted by Gasteiger charge is -2.25. The summed E-state index contributed by atoms with van der Waals surface area (Å²) >= 11 is 0. The van der Waals surface area contributed by atoms with E-state index in [0.29, 0.717) is 24.2 Å². The molecule has 8 nitrogen and oxygen atoms in total. The summed E-state index contributed by atoms with van der Waals surface area (Å²) < 4.78 is 31.7. The van der Waals surface area contributed by atoms with E-state index in [1.54, 1.807) is 30.3 Å². The normalized spacial score (nSPS) is 15.1. The molecule has 0 aliphatic carbocycles. The molecule has 0 radical (unpaired) electrons. The van der Waals surface area contributed by atoms with Crippen LogP contribution in [0.5, 0.6) is 0 Å². The van der Waals surface area contributed by atoms with Gasteiger partial charge in [0, 0.05) is 18.7 Å². The average molecular weight is 429 g/mol. The van der Waals surface area contributed by atoms with Crippen molar-refractivity contribution in [3.05, 3.63) is 65.2 Å². The Bertz CT molecular complexity index is 1040. The number of amides is 1.